The summed E-state index contributed by atoms with van der Waals surface area (Å²) in [6.07, 6.45) is -7.04. The van der Waals surface area contributed by atoms with Crippen molar-refractivity contribution in [1.82, 2.24) is 21.3 Å². The molecule has 0 aliphatic carbocycles. The van der Waals surface area contributed by atoms with Crippen LogP contribution in [0.2, 0.25) is 0 Å². The number of carboxylic acid groups (broad SMARTS) is 3. The molecule has 0 aromatic heterocycles. The Labute approximate surface area is 235 Å². The molecule has 5 amide bonds. The number of nitrogens with two attached hydrogens (primary N) is 1. The summed E-state index contributed by atoms with van der Waals surface area (Å²) in [5.74, 6) is -10.4. The number of primary amides is 1. The summed E-state index contributed by atoms with van der Waals surface area (Å²) in [5, 5.41) is 33.7. The molecule has 0 fully saturated rings. The Morgan fingerprint density at radius 3 is 1.48 bits per heavy atom. The van der Waals surface area contributed by atoms with E-state index in [9.17, 15) is 51.5 Å². The topological polar surface area (TPSA) is 288 Å². The van der Waals surface area contributed by atoms with Gasteiger partial charge in [0, 0.05) is 6.92 Å². The van der Waals surface area contributed by atoms with E-state index < -0.39 is 97.0 Å². The number of carbonyl (C=O) groups is 9. The lowest BCUT2D eigenvalue weighted by Gasteiger charge is -2.25. The van der Waals surface area contributed by atoms with Crippen LogP contribution in [0.5, 0.6) is 0 Å². The van der Waals surface area contributed by atoms with E-state index in [0.29, 0.717) is 0 Å². The van der Waals surface area contributed by atoms with Crippen molar-refractivity contribution >= 4 is 53.7 Å². The molecule has 0 unspecified atom stereocenters. The summed E-state index contributed by atoms with van der Waals surface area (Å²) in [4.78, 5) is 103. The van der Waals surface area contributed by atoms with Gasteiger partial charge in [0.25, 0.3) is 0 Å². The fraction of sp³-hybridized carbons (Fsp3) is 0.591. The molecular weight excluding hydrogens is 583 g/mol. The first-order valence-corrected chi connectivity index (χ1v) is 11.8. The van der Waals surface area contributed by atoms with Crippen molar-refractivity contribution in [2.75, 3.05) is 0 Å². The van der Waals surface area contributed by atoms with Gasteiger partial charge in [-0.25, -0.2) is 4.79 Å². The van der Waals surface area contributed by atoms with Crippen LogP contribution in [0, 0.1) is 5.92 Å². The van der Waals surface area contributed by atoms with Gasteiger partial charge in [-0.1, -0.05) is 13.8 Å². The molecule has 0 heterocycles. The number of nitrogens with one attached hydrogen (secondary N) is 4. The maximum atomic E-state index is 12.8. The van der Waals surface area contributed by atoms with E-state index in [1.165, 1.54) is 0 Å². The largest absolute Gasteiger partial charge is 0.490 e. The zero-order valence-electron chi connectivity index (χ0n) is 22.5. The molecule has 0 radical (unpaired) electrons. The van der Waals surface area contributed by atoms with Crippen molar-refractivity contribution in [3.8, 4) is 0 Å². The molecule has 9 N–H and O–H groups in total. The van der Waals surface area contributed by atoms with E-state index in [-0.39, 0.29) is 18.6 Å². The summed E-state index contributed by atoms with van der Waals surface area (Å²) in [6, 6.07) is -5.83. The summed E-state index contributed by atoms with van der Waals surface area (Å²) in [6.45, 7) is 4.47. The fourth-order valence-electron chi connectivity index (χ4n) is 2.89. The molecule has 0 aromatic carbocycles. The Kier molecular flexibility index (Phi) is 17.4. The second-order valence-electron chi connectivity index (χ2n) is 8.93. The highest BCUT2D eigenvalue weighted by Gasteiger charge is 2.38. The Bertz CT molecular complexity index is 1020. The standard InChI is InChI=1S/C20H31N5O10.C2HF3O2/c1-9(2)4-12(18(33)23-11(8-26)5-16(29)30)24-19(34)13(6-15(21)28)25-20(35)14(7-17(31)32)22-10(3)27;3-2(4,5)1(6)7/h8-9,11-14H,4-7H2,1-3H3,(H2,21,28)(H,22,27)(H,23,33)(H,24,34)(H,25,35)(H,29,30)(H,31,32);(H,6,7)/t11-,12-,13-,14-;/m0./s1. The average molecular weight is 616 g/mol. The van der Waals surface area contributed by atoms with Crippen molar-refractivity contribution in [3.05, 3.63) is 0 Å². The lowest BCUT2D eigenvalue weighted by Crippen LogP contribution is -2.58. The molecule has 0 saturated carbocycles. The molecule has 0 aromatic rings. The second-order valence-corrected chi connectivity index (χ2v) is 8.93. The molecule has 0 aliphatic heterocycles. The van der Waals surface area contributed by atoms with Crippen molar-refractivity contribution in [3.63, 3.8) is 0 Å². The first-order chi connectivity index (χ1) is 19.1. The number of aliphatic carboxylic acids is 3. The number of carboxylic acids is 3. The van der Waals surface area contributed by atoms with E-state index >= 15 is 0 Å². The van der Waals surface area contributed by atoms with Crippen LogP contribution in [0.1, 0.15) is 46.5 Å². The minimum absolute atomic E-state index is 0.0426. The van der Waals surface area contributed by atoms with Crippen LogP contribution in [0.3, 0.4) is 0 Å². The first-order valence-electron chi connectivity index (χ1n) is 11.8. The SMILES string of the molecule is CC(=O)N[C@@H](CC(=O)O)C(=O)N[C@@H](CC(N)=O)C(=O)N[C@@H](CC(C)C)C(=O)N[C@H](C=O)CC(=O)O.O=C(O)C(F)(F)F. The van der Waals surface area contributed by atoms with Gasteiger partial charge in [0.2, 0.25) is 29.5 Å². The van der Waals surface area contributed by atoms with Crippen molar-refractivity contribution in [2.45, 2.75) is 76.8 Å². The van der Waals surface area contributed by atoms with E-state index in [0.717, 1.165) is 6.92 Å². The average Bonchev–Trinajstić information content (AvgIpc) is 2.80. The maximum absolute atomic E-state index is 12.8. The summed E-state index contributed by atoms with van der Waals surface area (Å²) >= 11 is 0. The smallest absolute Gasteiger partial charge is 0.481 e. The monoisotopic (exact) mass is 615 g/mol. The molecule has 20 heteroatoms. The summed E-state index contributed by atoms with van der Waals surface area (Å²) < 4.78 is 31.7. The zero-order valence-corrected chi connectivity index (χ0v) is 22.5. The van der Waals surface area contributed by atoms with Crippen molar-refractivity contribution in [2.24, 2.45) is 11.7 Å². The van der Waals surface area contributed by atoms with Gasteiger partial charge in [-0.3, -0.25) is 33.6 Å². The van der Waals surface area contributed by atoms with Crippen LogP contribution in [0.4, 0.5) is 13.2 Å². The molecule has 17 nitrogen and oxygen atoms in total. The number of halogens is 3. The Hall–Kier alpha value is -4.78. The Balaban J connectivity index is 0. The van der Waals surface area contributed by atoms with Gasteiger partial charge in [-0.2, -0.15) is 13.2 Å². The van der Waals surface area contributed by atoms with Crippen LogP contribution in [-0.4, -0.2) is 99.4 Å². The van der Waals surface area contributed by atoms with Crippen LogP contribution in [0.15, 0.2) is 0 Å². The minimum Gasteiger partial charge on any atom is -0.481 e. The fourth-order valence-corrected chi connectivity index (χ4v) is 2.89. The number of amides is 5. The molecule has 4 atom stereocenters. The first kappa shape index (κ1) is 39.4. The molecule has 42 heavy (non-hydrogen) atoms. The van der Waals surface area contributed by atoms with Gasteiger partial charge in [0.05, 0.1) is 25.3 Å². The summed E-state index contributed by atoms with van der Waals surface area (Å²) in [5.41, 5.74) is 5.14. The van der Waals surface area contributed by atoms with E-state index in [2.05, 4.69) is 21.3 Å². The van der Waals surface area contributed by atoms with Crippen LogP contribution >= 0.6 is 0 Å². The molecular formula is C22H32F3N5O12. The normalized spacial score (nSPS) is 13.5. The molecule has 0 spiro atoms. The molecule has 0 saturated heterocycles. The van der Waals surface area contributed by atoms with Crippen LogP contribution < -0.4 is 27.0 Å². The minimum atomic E-state index is -5.08. The van der Waals surface area contributed by atoms with Gasteiger partial charge >= 0.3 is 24.1 Å². The maximum Gasteiger partial charge on any atom is 0.490 e. The zero-order chi connectivity index (χ0) is 33.4. The number of carbonyl (C=O) groups excluding carboxylic acids is 6. The van der Waals surface area contributed by atoms with Gasteiger partial charge in [-0.15, -0.1) is 0 Å². The van der Waals surface area contributed by atoms with Gasteiger partial charge < -0.3 is 47.1 Å². The predicted octanol–water partition coefficient (Wildman–Crippen LogP) is -2.35. The van der Waals surface area contributed by atoms with Crippen molar-refractivity contribution in [1.29, 1.82) is 0 Å². The second kappa shape index (κ2) is 18.5. The van der Waals surface area contributed by atoms with Crippen LogP contribution in [-0.2, 0) is 43.2 Å². The van der Waals surface area contributed by atoms with E-state index in [1.54, 1.807) is 13.8 Å². The predicted molar refractivity (Wildman–Crippen MR) is 131 cm³/mol. The lowest BCUT2D eigenvalue weighted by molar-refractivity contribution is -0.192. The van der Waals surface area contributed by atoms with Gasteiger partial charge in [0.15, 0.2) is 0 Å². The molecule has 0 aliphatic rings. The van der Waals surface area contributed by atoms with Crippen LogP contribution in [0.25, 0.3) is 0 Å². The Morgan fingerprint density at radius 1 is 0.738 bits per heavy atom. The number of hydrogen-bond donors (Lipinski definition) is 8. The lowest BCUT2D eigenvalue weighted by atomic mass is 10.0. The molecule has 238 valence electrons. The highest BCUT2D eigenvalue weighted by Crippen LogP contribution is 2.13. The number of hydrogen-bond acceptors (Lipinski definition) is 9. The quantitative estimate of drug-likeness (QED) is 0.0847. The number of alkyl halides is 3. The molecule has 0 rings (SSSR count). The van der Waals surface area contributed by atoms with E-state index in [4.69, 9.17) is 25.8 Å². The number of rotatable bonds is 16. The Morgan fingerprint density at radius 2 is 1.14 bits per heavy atom. The highest BCUT2D eigenvalue weighted by molar-refractivity contribution is 5.97. The van der Waals surface area contributed by atoms with E-state index in [1.807, 2.05) is 0 Å². The van der Waals surface area contributed by atoms with Gasteiger partial charge in [-0.05, 0) is 12.3 Å². The van der Waals surface area contributed by atoms with Crippen molar-refractivity contribution < 1.29 is 71.6 Å². The molecule has 0 bridgehead atoms. The third-order valence-electron chi connectivity index (χ3n) is 4.58. The summed E-state index contributed by atoms with van der Waals surface area (Å²) in [7, 11) is 0. The third-order valence-corrected chi connectivity index (χ3v) is 4.58. The third kappa shape index (κ3) is 18.5. The highest BCUT2D eigenvalue weighted by atomic mass is 19.4. The van der Waals surface area contributed by atoms with Gasteiger partial charge in [0.1, 0.15) is 24.4 Å². The number of aldehydes is 1.